The molecule has 0 spiro atoms. The second kappa shape index (κ2) is 3.59. The third-order valence-electron chi connectivity index (χ3n) is 3.11. The van der Waals surface area contributed by atoms with Crippen molar-refractivity contribution in [3.8, 4) is 0 Å². The minimum Gasteiger partial charge on any atom is -0.381 e. The van der Waals surface area contributed by atoms with E-state index in [0.717, 1.165) is 6.07 Å². The maximum absolute atomic E-state index is 13.8. The van der Waals surface area contributed by atoms with Crippen LogP contribution in [0.15, 0.2) is 12.1 Å². The van der Waals surface area contributed by atoms with Gasteiger partial charge in [0.2, 0.25) is 0 Å². The highest BCUT2D eigenvalue weighted by molar-refractivity contribution is 5.73. The molecule has 16 heavy (non-hydrogen) atoms. The van der Waals surface area contributed by atoms with Crippen LogP contribution in [-0.2, 0) is 4.74 Å². The van der Waals surface area contributed by atoms with Gasteiger partial charge in [0.05, 0.1) is 24.9 Å². The number of hydrogen-bond acceptors (Lipinski definition) is 3. The smallest absolute Gasteiger partial charge is 0.184 e. The average molecular weight is 226 g/mol. The Hall–Kier alpha value is -1.36. The van der Waals surface area contributed by atoms with Crippen molar-refractivity contribution in [1.82, 2.24) is 0 Å². The van der Waals surface area contributed by atoms with Gasteiger partial charge in [-0.3, -0.25) is 0 Å². The summed E-state index contributed by atoms with van der Waals surface area (Å²) in [6.45, 7) is 2.44. The molecule has 3 nitrogen and oxygen atoms in total. The molecule has 0 saturated carbocycles. The van der Waals surface area contributed by atoms with E-state index in [1.807, 2.05) is 4.90 Å². The van der Waals surface area contributed by atoms with Gasteiger partial charge in [0.15, 0.2) is 11.6 Å². The number of benzene rings is 1. The van der Waals surface area contributed by atoms with Crippen LogP contribution < -0.4 is 10.2 Å². The lowest BCUT2D eigenvalue weighted by Gasteiger charge is -2.42. The summed E-state index contributed by atoms with van der Waals surface area (Å²) >= 11 is 0. The minimum atomic E-state index is -0.798. The van der Waals surface area contributed by atoms with Crippen LogP contribution >= 0.6 is 0 Å². The molecule has 86 valence electrons. The van der Waals surface area contributed by atoms with E-state index in [4.69, 9.17) is 4.74 Å². The van der Waals surface area contributed by atoms with Gasteiger partial charge in [-0.1, -0.05) is 0 Å². The highest BCUT2D eigenvalue weighted by Crippen LogP contribution is 2.36. The van der Waals surface area contributed by atoms with Gasteiger partial charge >= 0.3 is 0 Å². The molecule has 0 radical (unpaired) electrons. The van der Waals surface area contributed by atoms with Crippen molar-refractivity contribution < 1.29 is 13.5 Å². The molecule has 1 N–H and O–H groups in total. The number of rotatable bonds is 0. The molecule has 0 aliphatic carbocycles. The highest BCUT2D eigenvalue weighted by Gasteiger charge is 2.32. The van der Waals surface area contributed by atoms with Gasteiger partial charge in [-0.25, -0.2) is 8.78 Å². The molecule has 0 amide bonds. The van der Waals surface area contributed by atoms with Crippen LogP contribution in [0.2, 0.25) is 0 Å². The summed E-state index contributed by atoms with van der Waals surface area (Å²) in [5, 5.41) is 3.10. The molecule has 1 saturated heterocycles. The molecule has 2 aliphatic heterocycles. The third-order valence-corrected chi connectivity index (χ3v) is 3.11. The topological polar surface area (TPSA) is 24.5 Å². The van der Waals surface area contributed by atoms with Crippen LogP contribution in [0.4, 0.5) is 20.2 Å². The van der Waals surface area contributed by atoms with Crippen LogP contribution in [0.25, 0.3) is 0 Å². The number of halogens is 2. The molecule has 5 heteroatoms. The molecule has 1 unspecified atom stereocenters. The van der Waals surface area contributed by atoms with Gasteiger partial charge in [-0.2, -0.15) is 0 Å². The van der Waals surface area contributed by atoms with Crippen LogP contribution in [0.5, 0.6) is 0 Å². The fourth-order valence-corrected chi connectivity index (χ4v) is 2.31. The maximum atomic E-state index is 13.8. The fraction of sp³-hybridized carbons (Fsp3) is 0.455. The Labute approximate surface area is 92.0 Å². The largest absolute Gasteiger partial charge is 0.381 e. The van der Waals surface area contributed by atoms with E-state index in [0.29, 0.717) is 37.7 Å². The van der Waals surface area contributed by atoms with Gasteiger partial charge in [-0.05, 0) is 12.1 Å². The third kappa shape index (κ3) is 1.35. The molecular weight excluding hydrogens is 214 g/mol. The van der Waals surface area contributed by atoms with Gasteiger partial charge in [0.25, 0.3) is 0 Å². The normalized spacial score (nSPS) is 23.4. The predicted octanol–water partition coefficient (Wildman–Crippen LogP) is 1.60. The van der Waals surface area contributed by atoms with Gasteiger partial charge in [0.1, 0.15) is 5.69 Å². The molecule has 0 aromatic heterocycles. The van der Waals surface area contributed by atoms with E-state index in [1.165, 1.54) is 0 Å². The Morgan fingerprint density at radius 2 is 2.25 bits per heavy atom. The first-order chi connectivity index (χ1) is 7.77. The zero-order valence-corrected chi connectivity index (χ0v) is 8.67. The predicted molar refractivity (Wildman–Crippen MR) is 56.8 cm³/mol. The molecule has 0 bridgehead atoms. The number of morpholine rings is 1. The summed E-state index contributed by atoms with van der Waals surface area (Å²) in [5.74, 6) is -1.57. The molecule has 2 heterocycles. The van der Waals surface area contributed by atoms with Crippen LogP contribution in [0, 0.1) is 11.6 Å². The van der Waals surface area contributed by atoms with Crippen molar-refractivity contribution in [2.45, 2.75) is 6.04 Å². The Kier molecular flexibility index (Phi) is 2.21. The van der Waals surface area contributed by atoms with Crippen molar-refractivity contribution in [3.63, 3.8) is 0 Å². The van der Waals surface area contributed by atoms with Crippen molar-refractivity contribution >= 4 is 11.4 Å². The van der Waals surface area contributed by atoms with E-state index in [-0.39, 0.29) is 6.04 Å². The zero-order chi connectivity index (χ0) is 11.1. The van der Waals surface area contributed by atoms with Crippen LogP contribution in [0.1, 0.15) is 0 Å². The molecular formula is C11H12F2N2O. The summed E-state index contributed by atoms with van der Waals surface area (Å²) < 4.78 is 32.3. The first-order valence-electron chi connectivity index (χ1n) is 5.33. The van der Waals surface area contributed by atoms with E-state index >= 15 is 0 Å². The Morgan fingerprint density at radius 3 is 3.12 bits per heavy atom. The second-order valence-electron chi connectivity index (χ2n) is 4.06. The quantitative estimate of drug-likeness (QED) is 0.727. The van der Waals surface area contributed by atoms with E-state index < -0.39 is 11.6 Å². The Bertz CT molecular complexity index is 425. The molecule has 3 rings (SSSR count). The first kappa shape index (κ1) is 9.84. The summed E-state index contributed by atoms with van der Waals surface area (Å²) in [6.07, 6.45) is 0. The van der Waals surface area contributed by atoms with E-state index in [1.54, 1.807) is 6.07 Å². The second-order valence-corrected chi connectivity index (χ2v) is 4.06. The Morgan fingerprint density at radius 1 is 1.38 bits per heavy atom. The number of ether oxygens (including phenoxy) is 1. The number of hydrogen-bond donors (Lipinski definition) is 1. The monoisotopic (exact) mass is 226 g/mol. The summed E-state index contributed by atoms with van der Waals surface area (Å²) in [6, 6.07) is 2.83. The molecule has 1 fully saturated rings. The number of fused-ring (bicyclic) bond motifs is 3. The van der Waals surface area contributed by atoms with Crippen molar-refractivity contribution in [3.05, 3.63) is 23.8 Å². The lowest BCUT2D eigenvalue weighted by molar-refractivity contribution is 0.0959. The maximum Gasteiger partial charge on any atom is 0.184 e. The minimum absolute atomic E-state index is 0.0950. The molecule has 2 aliphatic rings. The van der Waals surface area contributed by atoms with Crippen molar-refractivity contribution in [2.24, 2.45) is 0 Å². The van der Waals surface area contributed by atoms with E-state index in [9.17, 15) is 8.78 Å². The number of anilines is 2. The highest BCUT2D eigenvalue weighted by atomic mass is 19.2. The lowest BCUT2D eigenvalue weighted by Crippen LogP contribution is -2.52. The van der Waals surface area contributed by atoms with Gasteiger partial charge in [-0.15, -0.1) is 0 Å². The zero-order valence-electron chi connectivity index (χ0n) is 8.67. The average Bonchev–Trinajstić information content (AvgIpc) is 2.33. The van der Waals surface area contributed by atoms with Gasteiger partial charge < -0.3 is 15.0 Å². The standard InChI is InChI=1S/C11H12F2N2O/c12-8-1-2-9-11(10(8)13)15-3-4-16-6-7(15)5-14-9/h1-2,7,14H,3-6H2. The molecule has 1 atom stereocenters. The van der Waals surface area contributed by atoms with Crippen LogP contribution in [-0.4, -0.2) is 32.3 Å². The fourth-order valence-electron chi connectivity index (χ4n) is 2.31. The molecule has 1 aromatic rings. The Balaban J connectivity index is 2.09. The van der Waals surface area contributed by atoms with E-state index in [2.05, 4.69) is 5.32 Å². The summed E-state index contributed by atoms with van der Waals surface area (Å²) in [4.78, 5) is 1.90. The lowest BCUT2D eigenvalue weighted by atomic mass is 10.1. The number of nitrogens with one attached hydrogen (secondary N) is 1. The van der Waals surface area contributed by atoms with Gasteiger partial charge in [0, 0.05) is 13.1 Å². The molecule has 1 aromatic carbocycles. The SMILES string of the molecule is Fc1ccc2c(c1F)N1CCOCC1CN2. The first-order valence-corrected chi connectivity index (χ1v) is 5.33. The van der Waals surface area contributed by atoms with Crippen molar-refractivity contribution in [2.75, 3.05) is 36.5 Å². The summed E-state index contributed by atoms with van der Waals surface area (Å²) in [5.41, 5.74) is 1.01. The summed E-state index contributed by atoms with van der Waals surface area (Å²) in [7, 11) is 0. The number of nitrogens with zero attached hydrogens (tertiary/aromatic N) is 1. The van der Waals surface area contributed by atoms with Crippen LogP contribution in [0.3, 0.4) is 0 Å². The van der Waals surface area contributed by atoms with Crippen molar-refractivity contribution in [1.29, 1.82) is 0 Å².